The average Bonchev–Trinajstić information content (AvgIpc) is 2.03. The van der Waals surface area contributed by atoms with Crippen molar-refractivity contribution in [3.8, 4) is 0 Å². The molecule has 66 valence electrons. The third-order valence-electron chi connectivity index (χ3n) is 1.47. The zero-order valence-corrected chi connectivity index (χ0v) is 7.18. The summed E-state index contributed by atoms with van der Waals surface area (Å²) in [4.78, 5) is 10.9. The minimum atomic E-state index is -0.119. The molecule has 0 saturated carbocycles. The first kappa shape index (κ1) is 10.4. The Labute approximate surface area is 67.5 Å². The van der Waals surface area contributed by atoms with Crippen molar-refractivity contribution in [2.75, 3.05) is 20.1 Å². The van der Waals surface area contributed by atoms with Crippen molar-refractivity contribution >= 4 is 5.91 Å². The molecule has 4 nitrogen and oxygen atoms in total. The standard InChI is InChI=1S/C7H17N3O/c1-6(7(11)9-2)10-5-3-4-8/h6,10H,3-5,8H2,1-2H3,(H,9,11). The molecule has 1 amide bonds. The number of likely N-dealkylation sites (N-methyl/N-ethyl adjacent to an activating group) is 1. The second-order valence-corrected chi connectivity index (χ2v) is 2.43. The number of nitrogens with two attached hydrogens (primary N) is 1. The summed E-state index contributed by atoms with van der Waals surface area (Å²) in [6, 6.07) is -0.119. The molecular formula is C7H17N3O. The highest BCUT2D eigenvalue weighted by atomic mass is 16.2. The van der Waals surface area contributed by atoms with Crippen LogP contribution in [0.3, 0.4) is 0 Å². The molecule has 4 N–H and O–H groups in total. The van der Waals surface area contributed by atoms with Crippen LogP contribution in [0.2, 0.25) is 0 Å². The summed E-state index contributed by atoms with van der Waals surface area (Å²) in [5.74, 6) is 0.0158. The Morgan fingerprint density at radius 2 is 2.27 bits per heavy atom. The summed E-state index contributed by atoms with van der Waals surface area (Å²) in [5.41, 5.74) is 5.28. The van der Waals surface area contributed by atoms with Gasteiger partial charge in [0.25, 0.3) is 0 Å². The molecule has 0 aliphatic heterocycles. The maximum absolute atomic E-state index is 10.9. The summed E-state index contributed by atoms with van der Waals surface area (Å²) in [6.07, 6.45) is 0.904. The smallest absolute Gasteiger partial charge is 0.236 e. The van der Waals surface area contributed by atoms with Crippen LogP contribution in [0.15, 0.2) is 0 Å². The van der Waals surface area contributed by atoms with Crippen LogP contribution in [-0.4, -0.2) is 32.1 Å². The van der Waals surface area contributed by atoms with Crippen molar-refractivity contribution in [2.45, 2.75) is 19.4 Å². The molecule has 0 rings (SSSR count). The molecule has 0 saturated heterocycles. The zero-order chi connectivity index (χ0) is 8.69. The Balaban J connectivity index is 3.36. The molecule has 0 fully saturated rings. The molecule has 0 aliphatic carbocycles. The van der Waals surface area contributed by atoms with E-state index in [0.717, 1.165) is 13.0 Å². The van der Waals surface area contributed by atoms with Gasteiger partial charge in [0.15, 0.2) is 0 Å². The fourth-order valence-corrected chi connectivity index (χ4v) is 0.730. The predicted octanol–water partition coefficient (Wildman–Crippen LogP) is -0.941. The highest BCUT2D eigenvalue weighted by Crippen LogP contribution is 1.80. The third kappa shape index (κ3) is 4.75. The number of hydrogen-bond donors (Lipinski definition) is 3. The lowest BCUT2D eigenvalue weighted by molar-refractivity contribution is -0.122. The van der Waals surface area contributed by atoms with Crippen LogP contribution < -0.4 is 16.4 Å². The van der Waals surface area contributed by atoms with Crippen LogP contribution in [0.1, 0.15) is 13.3 Å². The average molecular weight is 159 g/mol. The second kappa shape index (κ2) is 6.12. The van der Waals surface area contributed by atoms with Crippen LogP contribution in [0, 0.1) is 0 Å². The largest absolute Gasteiger partial charge is 0.358 e. The van der Waals surface area contributed by atoms with Crippen molar-refractivity contribution in [3.63, 3.8) is 0 Å². The Bertz CT molecular complexity index is 116. The van der Waals surface area contributed by atoms with Crippen LogP contribution in [-0.2, 0) is 4.79 Å². The van der Waals surface area contributed by atoms with E-state index in [-0.39, 0.29) is 11.9 Å². The summed E-state index contributed by atoms with van der Waals surface area (Å²) in [6.45, 7) is 3.29. The SMILES string of the molecule is CNC(=O)C(C)NCCCN. The molecule has 0 aromatic rings. The number of carbonyl (C=O) groups is 1. The highest BCUT2D eigenvalue weighted by Gasteiger charge is 2.07. The van der Waals surface area contributed by atoms with Gasteiger partial charge in [0.05, 0.1) is 6.04 Å². The molecule has 0 radical (unpaired) electrons. The molecule has 0 aliphatic rings. The van der Waals surface area contributed by atoms with E-state index in [1.807, 2.05) is 6.92 Å². The van der Waals surface area contributed by atoms with E-state index < -0.39 is 0 Å². The molecule has 0 bridgehead atoms. The van der Waals surface area contributed by atoms with Gasteiger partial charge in [-0.25, -0.2) is 0 Å². The fraction of sp³-hybridized carbons (Fsp3) is 0.857. The lowest BCUT2D eigenvalue weighted by Crippen LogP contribution is -2.41. The van der Waals surface area contributed by atoms with Crippen LogP contribution in [0.4, 0.5) is 0 Å². The third-order valence-corrected chi connectivity index (χ3v) is 1.47. The Kier molecular flexibility index (Phi) is 5.78. The predicted molar refractivity (Wildman–Crippen MR) is 45.2 cm³/mol. The molecule has 0 aromatic heterocycles. The maximum Gasteiger partial charge on any atom is 0.236 e. The summed E-state index contributed by atoms with van der Waals surface area (Å²) in [7, 11) is 1.63. The van der Waals surface area contributed by atoms with Crippen molar-refractivity contribution in [1.29, 1.82) is 0 Å². The van der Waals surface area contributed by atoms with Gasteiger partial charge >= 0.3 is 0 Å². The molecule has 4 heteroatoms. The Morgan fingerprint density at radius 1 is 1.64 bits per heavy atom. The number of hydrogen-bond acceptors (Lipinski definition) is 3. The van der Waals surface area contributed by atoms with Crippen molar-refractivity contribution in [1.82, 2.24) is 10.6 Å². The molecule has 0 aromatic carbocycles. The van der Waals surface area contributed by atoms with E-state index >= 15 is 0 Å². The minimum Gasteiger partial charge on any atom is -0.358 e. The number of carbonyl (C=O) groups excluding carboxylic acids is 1. The van der Waals surface area contributed by atoms with Gasteiger partial charge in [-0.15, -0.1) is 0 Å². The van der Waals surface area contributed by atoms with Crippen LogP contribution in [0.25, 0.3) is 0 Å². The molecule has 0 heterocycles. The number of amides is 1. The molecule has 11 heavy (non-hydrogen) atoms. The van der Waals surface area contributed by atoms with Gasteiger partial charge in [0.1, 0.15) is 0 Å². The quantitative estimate of drug-likeness (QED) is 0.453. The summed E-state index contributed by atoms with van der Waals surface area (Å²) < 4.78 is 0. The van der Waals surface area contributed by atoms with Crippen molar-refractivity contribution in [2.24, 2.45) is 5.73 Å². The zero-order valence-electron chi connectivity index (χ0n) is 7.18. The highest BCUT2D eigenvalue weighted by molar-refractivity contribution is 5.80. The Hall–Kier alpha value is -0.610. The van der Waals surface area contributed by atoms with Gasteiger partial charge in [-0.1, -0.05) is 0 Å². The Morgan fingerprint density at radius 3 is 2.73 bits per heavy atom. The first-order valence-electron chi connectivity index (χ1n) is 3.87. The van der Waals surface area contributed by atoms with Crippen LogP contribution in [0.5, 0.6) is 0 Å². The molecule has 0 spiro atoms. The van der Waals surface area contributed by atoms with Gasteiger partial charge in [0.2, 0.25) is 5.91 Å². The van der Waals surface area contributed by atoms with Crippen molar-refractivity contribution < 1.29 is 4.79 Å². The topological polar surface area (TPSA) is 67.2 Å². The van der Waals surface area contributed by atoms with Crippen molar-refractivity contribution in [3.05, 3.63) is 0 Å². The molecule has 1 unspecified atom stereocenters. The van der Waals surface area contributed by atoms with Gasteiger partial charge in [-0.3, -0.25) is 4.79 Å². The van der Waals surface area contributed by atoms with E-state index in [9.17, 15) is 4.79 Å². The van der Waals surface area contributed by atoms with E-state index in [1.54, 1.807) is 7.05 Å². The lowest BCUT2D eigenvalue weighted by Gasteiger charge is -2.10. The normalized spacial score (nSPS) is 12.6. The molecular weight excluding hydrogens is 142 g/mol. The minimum absolute atomic E-state index is 0.0158. The summed E-state index contributed by atoms with van der Waals surface area (Å²) in [5, 5.41) is 5.60. The second-order valence-electron chi connectivity index (χ2n) is 2.43. The molecule has 1 atom stereocenters. The number of nitrogens with one attached hydrogen (secondary N) is 2. The first-order valence-corrected chi connectivity index (χ1v) is 3.87. The van der Waals surface area contributed by atoms with Gasteiger partial charge in [-0.05, 0) is 26.4 Å². The van der Waals surface area contributed by atoms with E-state index in [1.165, 1.54) is 0 Å². The van der Waals surface area contributed by atoms with Gasteiger partial charge < -0.3 is 16.4 Å². The van der Waals surface area contributed by atoms with E-state index in [4.69, 9.17) is 5.73 Å². The first-order chi connectivity index (χ1) is 5.22. The lowest BCUT2D eigenvalue weighted by atomic mass is 10.3. The monoisotopic (exact) mass is 159 g/mol. The van der Waals surface area contributed by atoms with Gasteiger partial charge in [0, 0.05) is 7.05 Å². The number of rotatable bonds is 5. The fourth-order valence-electron chi connectivity index (χ4n) is 0.730. The van der Waals surface area contributed by atoms with E-state index in [0.29, 0.717) is 6.54 Å². The van der Waals surface area contributed by atoms with Crippen LogP contribution >= 0.6 is 0 Å². The van der Waals surface area contributed by atoms with E-state index in [2.05, 4.69) is 10.6 Å². The van der Waals surface area contributed by atoms with Gasteiger partial charge in [-0.2, -0.15) is 0 Å². The summed E-state index contributed by atoms with van der Waals surface area (Å²) >= 11 is 0. The maximum atomic E-state index is 10.9.